The summed E-state index contributed by atoms with van der Waals surface area (Å²) < 4.78 is 19.2. The Balaban J connectivity index is 2.02. The van der Waals surface area contributed by atoms with Crippen LogP contribution in [0.4, 0.5) is 4.39 Å². The summed E-state index contributed by atoms with van der Waals surface area (Å²) in [5.74, 6) is 0.361. The molecule has 2 aromatic carbocycles. The van der Waals surface area contributed by atoms with Crippen molar-refractivity contribution in [3.8, 4) is 11.5 Å². The molecule has 0 heterocycles. The van der Waals surface area contributed by atoms with E-state index in [9.17, 15) is 9.50 Å². The molecule has 0 unspecified atom stereocenters. The van der Waals surface area contributed by atoms with Crippen molar-refractivity contribution in [1.82, 2.24) is 5.32 Å². The van der Waals surface area contributed by atoms with Crippen LogP contribution in [0.15, 0.2) is 42.5 Å². The van der Waals surface area contributed by atoms with Crippen molar-refractivity contribution in [1.29, 1.82) is 0 Å². The minimum Gasteiger partial charge on any atom is -0.508 e. The third-order valence-corrected chi connectivity index (χ3v) is 2.96. The third-order valence-electron chi connectivity index (χ3n) is 2.96. The van der Waals surface area contributed by atoms with Gasteiger partial charge in [-0.2, -0.15) is 0 Å². The van der Waals surface area contributed by atoms with Crippen LogP contribution >= 0.6 is 0 Å². The van der Waals surface area contributed by atoms with E-state index in [0.717, 1.165) is 11.1 Å². The van der Waals surface area contributed by atoms with Crippen molar-refractivity contribution in [2.45, 2.75) is 33.0 Å². The summed E-state index contributed by atoms with van der Waals surface area (Å²) in [6, 6.07) is 11.8. The Morgan fingerprint density at radius 1 is 1.14 bits per heavy atom. The van der Waals surface area contributed by atoms with Gasteiger partial charge in [-0.05, 0) is 35.4 Å². The van der Waals surface area contributed by atoms with Gasteiger partial charge in [0, 0.05) is 18.7 Å². The van der Waals surface area contributed by atoms with E-state index in [0.29, 0.717) is 18.3 Å². The Hall–Kier alpha value is -2.07. The predicted octanol–water partition coefficient (Wildman–Crippen LogP) is 3.61. The van der Waals surface area contributed by atoms with Crippen molar-refractivity contribution in [3.05, 3.63) is 59.4 Å². The summed E-state index contributed by atoms with van der Waals surface area (Å²) in [5, 5.41) is 12.6. The number of halogens is 1. The number of ether oxygens (including phenoxy) is 1. The zero-order valence-corrected chi connectivity index (χ0v) is 12.3. The molecule has 0 atom stereocenters. The summed E-state index contributed by atoms with van der Waals surface area (Å²) in [7, 11) is 0. The van der Waals surface area contributed by atoms with Crippen LogP contribution in [0, 0.1) is 5.82 Å². The van der Waals surface area contributed by atoms with Crippen LogP contribution in [-0.4, -0.2) is 11.1 Å². The van der Waals surface area contributed by atoms with Crippen LogP contribution in [0.5, 0.6) is 11.5 Å². The molecule has 0 saturated carbocycles. The van der Waals surface area contributed by atoms with Crippen molar-refractivity contribution < 1.29 is 14.2 Å². The van der Waals surface area contributed by atoms with Crippen molar-refractivity contribution in [2.75, 3.05) is 0 Å². The van der Waals surface area contributed by atoms with Crippen molar-refractivity contribution >= 4 is 0 Å². The molecule has 0 amide bonds. The molecular weight excluding hydrogens is 269 g/mol. The van der Waals surface area contributed by atoms with Crippen molar-refractivity contribution in [2.24, 2.45) is 0 Å². The van der Waals surface area contributed by atoms with Crippen LogP contribution in [-0.2, 0) is 13.2 Å². The minimum atomic E-state index is -0.316. The molecule has 2 rings (SSSR count). The van der Waals surface area contributed by atoms with E-state index in [1.807, 2.05) is 26.0 Å². The molecule has 0 fully saturated rings. The van der Waals surface area contributed by atoms with Crippen LogP contribution in [0.3, 0.4) is 0 Å². The van der Waals surface area contributed by atoms with Crippen molar-refractivity contribution in [3.63, 3.8) is 0 Å². The summed E-state index contributed by atoms with van der Waals surface area (Å²) in [4.78, 5) is 0. The highest BCUT2D eigenvalue weighted by atomic mass is 19.1. The number of phenols is 1. The lowest BCUT2D eigenvalue weighted by atomic mass is 10.2. The first-order valence-corrected chi connectivity index (χ1v) is 6.96. The smallest absolute Gasteiger partial charge is 0.127 e. The fraction of sp³-hybridized carbons (Fsp3) is 0.294. The van der Waals surface area contributed by atoms with Gasteiger partial charge in [-0.15, -0.1) is 0 Å². The molecule has 4 heteroatoms. The number of hydrogen-bond acceptors (Lipinski definition) is 3. The second-order valence-electron chi connectivity index (χ2n) is 5.29. The number of phenolic OH excluding ortho intramolecular Hbond substituents is 1. The van der Waals surface area contributed by atoms with E-state index in [2.05, 4.69) is 5.32 Å². The van der Waals surface area contributed by atoms with Crippen LogP contribution in [0.1, 0.15) is 25.0 Å². The predicted molar refractivity (Wildman–Crippen MR) is 80.8 cm³/mol. The maximum atomic E-state index is 13.6. The third kappa shape index (κ3) is 5.08. The van der Waals surface area contributed by atoms with Gasteiger partial charge >= 0.3 is 0 Å². The molecule has 3 nitrogen and oxygen atoms in total. The van der Waals surface area contributed by atoms with E-state index >= 15 is 0 Å². The van der Waals surface area contributed by atoms with Gasteiger partial charge in [0.1, 0.15) is 23.9 Å². The first kappa shape index (κ1) is 15.3. The Morgan fingerprint density at radius 2 is 1.95 bits per heavy atom. The summed E-state index contributed by atoms with van der Waals surface area (Å²) in [5.41, 5.74) is 1.68. The average Bonchev–Trinajstić information content (AvgIpc) is 2.43. The summed E-state index contributed by atoms with van der Waals surface area (Å²) in [6.45, 7) is 4.96. The standard InChI is InChI=1S/C17H20FNO2/c1-12(2)19-10-14-6-15(18)9-17(8-14)21-11-13-4-3-5-16(20)7-13/h3-9,12,19-20H,10-11H2,1-2H3. The summed E-state index contributed by atoms with van der Waals surface area (Å²) in [6.07, 6.45) is 0. The fourth-order valence-corrected chi connectivity index (χ4v) is 1.94. The molecule has 0 aromatic heterocycles. The normalized spacial score (nSPS) is 10.9. The van der Waals surface area contributed by atoms with Gasteiger partial charge in [0.05, 0.1) is 0 Å². The van der Waals surface area contributed by atoms with Crippen LogP contribution < -0.4 is 10.1 Å². The van der Waals surface area contributed by atoms with E-state index in [1.54, 1.807) is 18.2 Å². The molecular formula is C17H20FNO2. The van der Waals surface area contributed by atoms with E-state index in [4.69, 9.17) is 4.74 Å². The lowest BCUT2D eigenvalue weighted by molar-refractivity contribution is 0.303. The van der Waals surface area contributed by atoms with Gasteiger partial charge in [-0.25, -0.2) is 4.39 Å². The molecule has 0 saturated heterocycles. The average molecular weight is 289 g/mol. The molecule has 0 radical (unpaired) electrons. The zero-order valence-electron chi connectivity index (χ0n) is 12.3. The first-order valence-electron chi connectivity index (χ1n) is 6.96. The Bertz CT molecular complexity index is 599. The number of nitrogens with one attached hydrogen (secondary N) is 1. The number of aromatic hydroxyl groups is 1. The van der Waals surface area contributed by atoms with Gasteiger partial charge in [-0.1, -0.05) is 26.0 Å². The maximum absolute atomic E-state index is 13.6. The topological polar surface area (TPSA) is 41.5 Å². The highest BCUT2D eigenvalue weighted by Gasteiger charge is 2.04. The highest BCUT2D eigenvalue weighted by Crippen LogP contribution is 2.19. The molecule has 21 heavy (non-hydrogen) atoms. The molecule has 2 N–H and O–H groups in total. The monoisotopic (exact) mass is 289 g/mol. The zero-order chi connectivity index (χ0) is 15.2. The van der Waals surface area contributed by atoms with Gasteiger partial charge in [-0.3, -0.25) is 0 Å². The van der Waals surface area contributed by atoms with Gasteiger partial charge in [0.15, 0.2) is 0 Å². The lowest BCUT2D eigenvalue weighted by Crippen LogP contribution is -2.21. The number of hydrogen-bond donors (Lipinski definition) is 2. The Morgan fingerprint density at radius 3 is 2.67 bits per heavy atom. The van der Waals surface area contributed by atoms with Gasteiger partial charge < -0.3 is 15.2 Å². The van der Waals surface area contributed by atoms with E-state index in [-0.39, 0.29) is 18.2 Å². The molecule has 112 valence electrons. The highest BCUT2D eigenvalue weighted by molar-refractivity contribution is 5.31. The SMILES string of the molecule is CC(C)NCc1cc(F)cc(OCc2cccc(O)c2)c1. The quantitative estimate of drug-likeness (QED) is 0.853. The van der Waals surface area contributed by atoms with E-state index < -0.39 is 0 Å². The molecule has 0 aliphatic rings. The molecule has 2 aromatic rings. The lowest BCUT2D eigenvalue weighted by Gasteiger charge is -2.11. The molecule has 0 aliphatic carbocycles. The molecule has 0 aliphatic heterocycles. The molecule has 0 bridgehead atoms. The Labute approximate surface area is 124 Å². The second-order valence-corrected chi connectivity index (χ2v) is 5.29. The fourth-order valence-electron chi connectivity index (χ4n) is 1.94. The van der Waals surface area contributed by atoms with Gasteiger partial charge in [0.2, 0.25) is 0 Å². The number of benzene rings is 2. The summed E-state index contributed by atoms with van der Waals surface area (Å²) >= 11 is 0. The second kappa shape index (κ2) is 7.09. The van der Waals surface area contributed by atoms with Gasteiger partial charge in [0.25, 0.3) is 0 Å². The Kier molecular flexibility index (Phi) is 5.17. The van der Waals surface area contributed by atoms with E-state index in [1.165, 1.54) is 12.1 Å². The maximum Gasteiger partial charge on any atom is 0.127 e. The van der Waals surface area contributed by atoms with Crippen LogP contribution in [0.25, 0.3) is 0 Å². The number of rotatable bonds is 6. The largest absolute Gasteiger partial charge is 0.508 e. The first-order chi connectivity index (χ1) is 10.0. The molecule has 0 spiro atoms. The minimum absolute atomic E-state index is 0.192. The van der Waals surface area contributed by atoms with Crippen LogP contribution in [0.2, 0.25) is 0 Å².